The quantitative estimate of drug-likeness (QED) is 0.491. The third-order valence-corrected chi connectivity index (χ3v) is 4.44. The van der Waals surface area contributed by atoms with Crippen LogP contribution in [-0.2, 0) is 13.0 Å². The van der Waals surface area contributed by atoms with E-state index < -0.39 is 0 Å². The summed E-state index contributed by atoms with van der Waals surface area (Å²) in [7, 11) is 0. The summed E-state index contributed by atoms with van der Waals surface area (Å²) in [6.45, 7) is 1.17. The lowest BCUT2D eigenvalue weighted by atomic mass is 10.3. The Kier molecular flexibility index (Phi) is 6.16. The first-order chi connectivity index (χ1) is 12.7. The van der Waals surface area contributed by atoms with Crippen molar-refractivity contribution in [1.82, 2.24) is 10.3 Å². The molecule has 0 aliphatic rings. The molecule has 0 saturated carbocycles. The van der Waals surface area contributed by atoms with Crippen LogP contribution in [0.25, 0.3) is 0 Å². The Labute approximate surface area is 155 Å². The lowest BCUT2D eigenvalue weighted by Gasteiger charge is -2.06. The minimum absolute atomic E-state index is 0.351. The molecule has 0 saturated heterocycles. The summed E-state index contributed by atoms with van der Waals surface area (Å²) in [5.41, 5.74) is 6.77. The molecule has 0 amide bonds. The van der Waals surface area contributed by atoms with E-state index in [-0.39, 0.29) is 5.82 Å². The molecule has 0 radical (unpaired) electrons. The van der Waals surface area contributed by atoms with Gasteiger partial charge in [-0.15, -0.1) is 11.3 Å². The molecule has 1 aromatic carbocycles. The molecule has 3 aromatic rings. The number of aliphatic imine (C=N–C) groups is 1. The maximum Gasteiger partial charge on any atom is 0.219 e. The van der Waals surface area contributed by atoms with Crippen molar-refractivity contribution in [3.63, 3.8) is 0 Å². The van der Waals surface area contributed by atoms with E-state index in [1.807, 2.05) is 12.1 Å². The smallest absolute Gasteiger partial charge is 0.219 e. The van der Waals surface area contributed by atoms with E-state index in [0.29, 0.717) is 24.1 Å². The molecule has 2 aromatic heterocycles. The first-order valence-corrected chi connectivity index (χ1v) is 9.01. The van der Waals surface area contributed by atoms with Crippen molar-refractivity contribution in [2.24, 2.45) is 10.7 Å². The van der Waals surface area contributed by atoms with Crippen LogP contribution in [0.2, 0.25) is 0 Å². The number of nitrogens with two attached hydrogens (primary N) is 1. The molecule has 0 aliphatic carbocycles. The van der Waals surface area contributed by atoms with Crippen LogP contribution in [0, 0.1) is 5.82 Å². The number of ether oxygens (including phenoxy) is 1. The Bertz CT molecular complexity index is 850. The summed E-state index contributed by atoms with van der Waals surface area (Å²) in [6.07, 6.45) is 2.58. The number of guanidine groups is 1. The maximum atomic E-state index is 13.1. The number of thiophene rings is 1. The van der Waals surface area contributed by atoms with Crippen LogP contribution in [0.1, 0.15) is 10.4 Å². The van der Waals surface area contributed by atoms with Crippen molar-refractivity contribution in [3.05, 3.63) is 76.4 Å². The van der Waals surface area contributed by atoms with E-state index in [0.717, 1.165) is 18.5 Å². The second-order valence-corrected chi connectivity index (χ2v) is 6.55. The number of halogens is 1. The predicted octanol–water partition coefficient (Wildman–Crippen LogP) is 3.72. The molecule has 134 valence electrons. The van der Waals surface area contributed by atoms with Crippen molar-refractivity contribution in [1.29, 1.82) is 0 Å². The van der Waals surface area contributed by atoms with Gasteiger partial charge in [0.15, 0.2) is 5.96 Å². The topological polar surface area (TPSA) is 72.5 Å². The average Bonchev–Trinajstić information content (AvgIpc) is 3.15. The van der Waals surface area contributed by atoms with Crippen LogP contribution < -0.4 is 15.8 Å². The molecule has 0 bridgehead atoms. The number of nitrogens with one attached hydrogen (secondary N) is 1. The molecule has 0 aliphatic heterocycles. The minimum atomic E-state index is -0.351. The molecule has 2 heterocycles. The highest BCUT2D eigenvalue weighted by Gasteiger charge is 2.01. The van der Waals surface area contributed by atoms with Gasteiger partial charge in [0.2, 0.25) is 5.88 Å². The summed E-state index contributed by atoms with van der Waals surface area (Å²) >= 11 is 1.73. The van der Waals surface area contributed by atoms with E-state index >= 15 is 0 Å². The van der Waals surface area contributed by atoms with Gasteiger partial charge in [-0.25, -0.2) is 14.4 Å². The van der Waals surface area contributed by atoms with Crippen LogP contribution in [0.15, 0.2) is 65.1 Å². The van der Waals surface area contributed by atoms with Gasteiger partial charge >= 0.3 is 0 Å². The summed E-state index contributed by atoms with van der Waals surface area (Å²) in [5, 5.41) is 5.15. The highest BCUT2D eigenvalue weighted by atomic mass is 32.1. The fourth-order valence-electron chi connectivity index (χ4n) is 2.22. The largest absolute Gasteiger partial charge is 0.439 e. The molecular formula is C19H19FN4OS. The van der Waals surface area contributed by atoms with Crippen LogP contribution in [0.3, 0.4) is 0 Å². The van der Waals surface area contributed by atoms with Gasteiger partial charge in [0.1, 0.15) is 11.6 Å². The first kappa shape index (κ1) is 17.9. The summed E-state index contributed by atoms with van der Waals surface area (Å²) < 4.78 is 18.7. The summed E-state index contributed by atoms with van der Waals surface area (Å²) in [4.78, 5) is 9.81. The zero-order valence-electron chi connectivity index (χ0n) is 14.1. The number of benzene rings is 1. The fourth-order valence-corrected chi connectivity index (χ4v) is 2.93. The standard InChI is InChI=1S/C19H19FN4OS/c20-15-3-1-4-16(11-15)25-18-7-6-14(12-23-18)13-24-19(21)22-9-8-17-5-2-10-26-17/h1-7,10-12H,8-9,13H2,(H3,21,22,24). The van der Waals surface area contributed by atoms with Crippen LogP contribution in [0.4, 0.5) is 4.39 Å². The van der Waals surface area contributed by atoms with Gasteiger partial charge in [0, 0.05) is 29.8 Å². The van der Waals surface area contributed by atoms with E-state index in [1.165, 1.54) is 17.0 Å². The first-order valence-electron chi connectivity index (χ1n) is 8.13. The zero-order chi connectivity index (χ0) is 18.2. The summed E-state index contributed by atoms with van der Waals surface area (Å²) in [6, 6.07) is 13.6. The normalized spacial score (nSPS) is 11.3. The van der Waals surface area contributed by atoms with Gasteiger partial charge in [-0.1, -0.05) is 18.2 Å². The van der Waals surface area contributed by atoms with Crippen molar-refractivity contribution >= 4 is 17.3 Å². The molecule has 0 spiro atoms. The fraction of sp³-hybridized carbons (Fsp3) is 0.158. The number of hydrogen-bond donors (Lipinski definition) is 2. The maximum absolute atomic E-state index is 13.1. The number of pyridine rings is 1. The number of hydrogen-bond acceptors (Lipinski definition) is 4. The van der Waals surface area contributed by atoms with Gasteiger partial charge in [0.25, 0.3) is 0 Å². The molecular weight excluding hydrogens is 351 g/mol. The van der Waals surface area contributed by atoms with Gasteiger partial charge in [-0.2, -0.15) is 0 Å². The van der Waals surface area contributed by atoms with E-state index in [9.17, 15) is 4.39 Å². The monoisotopic (exact) mass is 370 g/mol. The Morgan fingerprint density at radius 2 is 2.15 bits per heavy atom. The third-order valence-electron chi connectivity index (χ3n) is 3.51. The number of aromatic nitrogens is 1. The second kappa shape index (κ2) is 8.96. The number of nitrogens with zero attached hydrogens (tertiary/aromatic N) is 2. The molecule has 0 fully saturated rings. The lowest BCUT2D eigenvalue weighted by Crippen LogP contribution is -2.33. The van der Waals surface area contributed by atoms with Crippen LogP contribution >= 0.6 is 11.3 Å². The summed E-state index contributed by atoms with van der Waals surface area (Å²) in [5.74, 6) is 0.852. The van der Waals surface area contributed by atoms with Gasteiger partial charge in [-0.05, 0) is 35.6 Å². The minimum Gasteiger partial charge on any atom is -0.439 e. The number of rotatable bonds is 7. The van der Waals surface area contributed by atoms with Gasteiger partial charge < -0.3 is 15.8 Å². The van der Waals surface area contributed by atoms with Crippen LogP contribution in [-0.4, -0.2) is 17.5 Å². The van der Waals surface area contributed by atoms with Crippen molar-refractivity contribution in [2.45, 2.75) is 13.0 Å². The van der Waals surface area contributed by atoms with Gasteiger partial charge in [-0.3, -0.25) is 0 Å². The highest BCUT2D eigenvalue weighted by molar-refractivity contribution is 7.09. The van der Waals surface area contributed by atoms with E-state index in [2.05, 4.69) is 26.7 Å². The molecule has 7 heteroatoms. The average molecular weight is 370 g/mol. The molecule has 3 rings (SSSR count). The van der Waals surface area contributed by atoms with Crippen molar-refractivity contribution in [3.8, 4) is 11.6 Å². The van der Waals surface area contributed by atoms with Crippen molar-refractivity contribution in [2.75, 3.05) is 6.54 Å². The Morgan fingerprint density at radius 1 is 1.23 bits per heavy atom. The SMILES string of the molecule is NC(=NCc1ccc(Oc2cccc(F)c2)nc1)NCCc1cccs1. The van der Waals surface area contributed by atoms with Gasteiger partial charge in [0.05, 0.1) is 6.54 Å². The molecule has 26 heavy (non-hydrogen) atoms. The highest BCUT2D eigenvalue weighted by Crippen LogP contribution is 2.20. The molecule has 5 nitrogen and oxygen atoms in total. The second-order valence-electron chi connectivity index (χ2n) is 5.52. The molecule has 0 unspecified atom stereocenters. The van der Waals surface area contributed by atoms with Crippen molar-refractivity contribution < 1.29 is 9.13 Å². The molecule has 0 atom stereocenters. The van der Waals surface area contributed by atoms with E-state index in [1.54, 1.807) is 35.7 Å². The van der Waals surface area contributed by atoms with E-state index in [4.69, 9.17) is 10.5 Å². The Morgan fingerprint density at radius 3 is 2.88 bits per heavy atom. The zero-order valence-corrected chi connectivity index (χ0v) is 14.9. The third kappa shape index (κ3) is 5.56. The predicted molar refractivity (Wildman–Crippen MR) is 102 cm³/mol. The Hall–Kier alpha value is -2.93. The lowest BCUT2D eigenvalue weighted by molar-refractivity contribution is 0.457. The Balaban J connectivity index is 1.47. The van der Waals surface area contributed by atoms with Crippen LogP contribution in [0.5, 0.6) is 11.6 Å². The molecule has 3 N–H and O–H groups in total.